The fraction of sp³-hybridized carbons (Fsp3) is 0.233. The Kier molecular flexibility index (Phi) is 6.66. The van der Waals surface area contributed by atoms with Crippen LogP contribution in [0, 0.1) is 6.92 Å². The number of aromatic nitrogens is 2. The van der Waals surface area contributed by atoms with Crippen LogP contribution < -0.4 is 5.73 Å². The number of hydrogen-bond acceptors (Lipinski definition) is 7. The third-order valence-corrected chi connectivity index (χ3v) is 7.93. The van der Waals surface area contributed by atoms with Gasteiger partial charge in [-0.3, -0.25) is 4.79 Å². The lowest BCUT2D eigenvalue weighted by molar-refractivity contribution is 0.0735. The molecule has 1 amide bonds. The van der Waals surface area contributed by atoms with Crippen molar-refractivity contribution in [3.05, 3.63) is 106 Å². The molecule has 2 N–H and O–H groups in total. The minimum Gasteiger partial charge on any atom is -0.459 e. The van der Waals surface area contributed by atoms with Crippen LogP contribution in [-0.4, -0.2) is 27.3 Å². The number of thiazole rings is 1. The van der Waals surface area contributed by atoms with Crippen molar-refractivity contribution in [3.8, 4) is 22.8 Å². The summed E-state index contributed by atoms with van der Waals surface area (Å²) in [6, 6.07) is 19.3. The van der Waals surface area contributed by atoms with E-state index in [0.29, 0.717) is 41.5 Å². The monoisotopic (exact) mass is 524 g/mol. The molecular formula is C30H28N4O3S. The largest absolute Gasteiger partial charge is 0.459 e. The Hall–Kier alpha value is -4.01. The fourth-order valence-electron chi connectivity index (χ4n) is 5.02. The summed E-state index contributed by atoms with van der Waals surface area (Å²) in [5, 5.41) is 3.02. The van der Waals surface area contributed by atoms with Gasteiger partial charge in [0, 0.05) is 34.3 Å². The summed E-state index contributed by atoms with van der Waals surface area (Å²) in [5.74, 6) is 1.74. The topological polar surface area (TPSA) is 98.4 Å². The normalized spacial score (nSPS) is 16.2. The number of benzene rings is 2. The summed E-state index contributed by atoms with van der Waals surface area (Å²) in [4.78, 5) is 24.8. The van der Waals surface area contributed by atoms with Crippen LogP contribution in [0.1, 0.15) is 57.3 Å². The number of likely N-dealkylation sites (tertiary alicyclic amines) is 1. The van der Waals surface area contributed by atoms with E-state index in [4.69, 9.17) is 14.6 Å². The first-order valence-corrected chi connectivity index (χ1v) is 13.6. The standard InChI is InChI=1S/C30H28N4O3S/c1-19-18-38-29(33-19)25-8-5-12-34(25)30(35)23-16-21(15-22(17-23)28-32-11-13-36-28)26-9-10-27(37-26)24(31)14-20-6-3-2-4-7-20/h2-4,6-7,9-11,13,15-18,24-25H,5,8,12,14,31H2,1H3/t24?,25-/m1/s1. The highest BCUT2D eigenvalue weighted by Crippen LogP contribution is 2.36. The highest BCUT2D eigenvalue weighted by Gasteiger charge is 2.33. The first-order valence-electron chi connectivity index (χ1n) is 12.7. The summed E-state index contributed by atoms with van der Waals surface area (Å²) >= 11 is 1.61. The van der Waals surface area contributed by atoms with E-state index in [1.807, 2.05) is 65.7 Å². The Morgan fingerprint density at radius 3 is 2.76 bits per heavy atom. The van der Waals surface area contributed by atoms with Gasteiger partial charge in [0.05, 0.1) is 18.3 Å². The molecule has 0 radical (unpaired) electrons. The minimum atomic E-state index is -0.283. The Bertz CT molecular complexity index is 1540. The second kappa shape index (κ2) is 10.4. The molecule has 3 aromatic heterocycles. The molecule has 2 aromatic carbocycles. The van der Waals surface area contributed by atoms with Gasteiger partial charge in [-0.1, -0.05) is 30.3 Å². The van der Waals surface area contributed by atoms with E-state index in [-0.39, 0.29) is 18.0 Å². The van der Waals surface area contributed by atoms with Gasteiger partial charge in [-0.25, -0.2) is 9.97 Å². The zero-order chi connectivity index (χ0) is 26.1. The van der Waals surface area contributed by atoms with Crippen molar-refractivity contribution in [2.75, 3.05) is 6.54 Å². The van der Waals surface area contributed by atoms with Gasteiger partial charge in [-0.2, -0.15) is 0 Å². The van der Waals surface area contributed by atoms with Crippen molar-refractivity contribution in [1.82, 2.24) is 14.9 Å². The van der Waals surface area contributed by atoms with Crippen molar-refractivity contribution in [1.29, 1.82) is 0 Å². The molecule has 0 bridgehead atoms. The molecule has 192 valence electrons. The predicted molar refractivity (Wildman–Crippen MR) is 147 cm³/mol. The van der Waals surface area contributed by atoms with Gasteiger partial charge in [-0.05, 0) is 62.1 Å². The van der Waals surface area contributed by atoms with Gasteiger partial charge in [0.15, 0.2) is 0 Å². The number of carbonyl (C=O) groups is 1. The van der Waals surface area contributed by atoms with Gasteiger partial charge in [0.1, 0.15) is 22.8 Å². The van der Waals surface area contributed by atoms with Crippen molar-refractivity contribution in [2.45, 2.75) is 38.3 Å². The molecule has 5 aromatic rings. The van der Waals surface area contributed by atoms with Crippen LogP contribution in [0.2, 0.25) is 0 Å². The van der Waals surface area contributed by atoms with E-state index in [2.05, 4.69) is 22.1 Å². The van der Waals surface area contributed by atoms with Crippen molar-refractivity contribution in [2.24, 2.45) is 5.73 Å². The Labute approximate surface area is 225 Å². The van der Waals surface area contributed by atoms with Gasteiger partial charge in [0.25, 0.3) is 5.91 Å². The Morgan fingerprint density at radius 2 is 2.00 bits per heavy atom. The van der Waals surface area contributed by atoms with Gasteiger partial charge < -0.3 is 19.5 Å². The smallest absolute Gasteiger partial charge is 0.254 e. The van der Waals surface area contributed by atoms with Crippen LogP contribution in [0.15, 0.2) is 87.3 Å². The Morgan fingerprint density at radius 1 is 1.16 bits per heavy atom. The molecule has 1 fully saturated rings. The summed E-state index contributed by atoms with van der Waals surface area (Å²) in [7, 11) is 0. The number of furan rings is 1. The first kappa shape index (κ1) is 24.3. The van der Waals surface area contributed by atoms with Gasteiger partial charge in [0.2, 0.25) is 5.89 Å². The van der Waals surface area contributed by atoms with E-state index >= 15 is 0 Å². The average molecular weight is 525 g/mol. The van der Waals surface area contributed by atoms with Crippen LogP contribution in [0.4, 0.5) is 0 Å². The summed E-state index contributed by atoms with van der Waals surface area (Å²) in [6.07, 6.45) is 5.64. The zero-order valence-electron chi connectivity index (χ0n) is 21.0. The molecular weight excluding hydrogens is 496 g/mol. The fourth-order valence-corrected chi connectivity index (χ4v) is 5.96. The van der Waals surface area contributed by atoms with E-state index in [0.717, 1.165) is 34.7 Å². The lowest BCUT2D eigenvalue weighted by Crippen LogP contribution is -2.30. The zero-order valence-corrected chi connectivity index (χ0v) is 21.9. The molecule has 2 atom stereocenters. The van der Waals surface area contributed by atoms with Crippen LogP contribution in [-0.2, 0) is 6.42 Å². The number of hydrogen-bond donors (Lipinski definition) is 1. The quantitative estimate of drug-likeness (QED) is 0.258. The molecule has 1 aliphatic rings. The summed E-state index contributed by atoms with van der Waals surface area (Å²) < 4.78 is 11.8. The first-order chi connectivity index (χ1) is 18.5. The van der Waals surface area contributed by atoms with Crippen molar-refractivity contribution < 1.29 is 13.6 Å². The van der Waals surface area contributed by atoms with E-state index < -0.39 is 0 Å². The van der Waals surface area contributed by atoms with Gasteiger partial charge >= 0.3 is 0 Å². The number of nitrogens with two attached hydrogens (primary N) is 1. The molecule has 0 saturated carbocycles. The third-order valence-electron chi connectivity index (χ3n) is 6.87. The summed E-state index contributed by atoms with van der Waals surface area (Å²) in [6.45, 7) is 2.68. The maximum absolute atomic E-state index is 13.9. The maximum atomic E-state index is 13.9. The number of oxazole rings is 1. The lowest BCUT2D eigenvalue weighted by Gasteiger charge is -2.23. The second-order valence-corrected chi connectivity index (χ2v) is 10.5. The number of nitrogens with zero attached hydrogens (tertiary/aromatic N) is 3. The lowest BCUT2D eigenvalue weighted by atomic mass is 10.0. The van der Waals surface area contributed by atoms with Crippen molar-refractivity contribution >= 4 is 17.2 Å². The molecule has 6 rings (SSSR count). The molecule has 0 aliphatic carbocycles. The minimum absolute atomic E-state index is 0.0127. The highest BCUT2D eigenvalue weighted by atomic mass is 32.1. The molecule has 7 nitrogen and oxygen atoms in total. The average Bonchev–Trinajstić information content (AvgIpc) is 3.75. The van der Waals surface area contributed by atoms with Crippen LogP contribution in [0.3, 0.4) is 0 Å². The van der Waals surface area contributed by atoms with Crippen molar-refractivity contribution in [3.63, 3.8) is 0 Å². The maximum Gasteiger partial charge on any atom is 0.254 e. The molecule has 1 aliphatic heterocycles. The van der Waals surface area contributed by atoms with E-state index in [9.17, 15) is 4.79 Å². The summed E-state index contributed by atoms with van der Waals surface area (Å²) in [5.41, 5.74) is 10.6. The molecule has 4 heterocycles. The highest BCUT2D eigenvalue weighted by molar-refractivity contribution is 7.09. The molecule has 0 spiro atoms. The number of aryl methyl sites for hydroxylation is 1. The Balaban J connectivity index is 1.33. The molecule has 1 saturated heterocycles. The van der Waals surface area contributed by atoms with E-state index in [1.54, 1.807) is 17.5 Å². The number of carbonyl (C=O) groups excluding carboxylic acids is 1. The number of amides is 1. The molecule has 8 heteroatoms. The van der Waals surface area contributed by atoms with Crippen LogP contribution in [0.5, 0.6) is 0 Å². The van der Waals surface area contributed by atoms with E-state index in [1.165, 1.54) is 6.26 Å². The van der Waals surface area contributed by atoms with Gasteiger partial charge in [-0.15, -0.1) is 11.3 Å². The predicted octanol–water partition coefficient (Wildman–Crippen LogP) is 6.59. The number of rotatable bonds is 7. The molecule has 1 unspecified atom stereocenters. The third kappa shape index (κ3) is 4.92. The molecule has 38 heavy (non-hydrogen) atoms. The van der Waals surface area contributed by atoms with Crippen LogP contribution in [0.25, 0.3) is 22.8 Å². The van der Waals surface area contributed by atoms with Crippen LogP contribution >= 0.6 is 11.3 Å². The second-order valence-electron chi connectivity index (χ2n) is 9.62. The SMILES string of the molecule is Cc1csc([C@H]2CCCN2C(=O)c2cc(-c3ccc(C(N)Cc4ccccc4)o3)cc(-c3ncco3)c2)n1.